The van der Waals surface area contributed by atoms with E-state index in [-0.39, 0.29) is 0 Å². The molecule has 160 valence electrons. The Morgan fingerprint density at radius 3 is 2.52 bits per heavy atom. The summed E-state index contributed by atoms with van der Waals surface area (Å²) in [6, 6.07) is 7.28. The lowest BCUT2D eigenvalue weighted by molar-refractivity contribution is 0.0965. The summed E-state index contributed by atoms with van der Waals surface area (Å²) < 4.78 is 0. The number of hydrazone groups is 1. The number of likely N-dealkylation sites (tertiary alicyclic amines) is 1. The normalized spacial score (nSPS) is 20.7. The van der Waals surface area contributed by atoms with Gasteiger partial charge in [-0.2, -0.15) is 5.10 Å². The molecule has 2 saturated heterocycles. The molecule has 3 heterocycles. The second-order valence-corrected chi connectivity index (χ2v) is 8.50. The minimum atomic E-state index is 0.338. The van der Waals surface area contributed by atoms with Gasteiger partial charge in [0.05, 0.1) is 0 Å². The van der Waals surface area contributed by atoms with Gasteiger partial charge in [0.25, 0.3) is 0 Å². The molecule has 2 fully saturated rings. The molecule has 0 radical (unpaired) electrons. The van der Waals surface area contributed by atoms with Gasteiger partial charge in [0.1, 0.15) is 11.5 Å². The molecule has 0 atom stereocenters. The molecular weight excluding hydrogens is 364 g/mol. The summed E-state index contributed by atoms with van der Waals surface area (Å²) in [5.74, 6) is 1.29. The van der Waals surface area contributed by atoms with Crippen LogP contribution < -0.4 is 4.90 Å². The zero-order valence-electron chi connectivity index (χ0n) is 18.4. The minimum absolute atomic E-state index is 0.338. The van der Waals surface area contributed by atoms with E-state index in [9.17, 15) is 0 Å². The quantitative estimate of drug-likeness (QED) is 0.356. The summed E-state index contributed by atoms with van der Waals surface area (Å²) in [4.78, 5) is 12.4. The molecule has 8 heteroatoms. The van der Waals surface area contributed by atoms with Gasteiger partial charge < -0.3 is 14.8 Å². The molecule has 2 aliphatic rings. The van der Waals surface area contributed by atoms with Crippen LogP contribution in [0.4, 0.5) is 5.82 Å². The predicted molar refractivity (Wildman–Crippen MR) is 118 cm³/mol. The van der Waals surface area contributed by atoms with Crippen LogP contribution in [0.3, 0.4) is 0 Å². The maximum absolute atomic E-state index is 7.42. The average Bonchev–Trinajstić information content (AvgIpc) is 2.98. The van der Waals surface area contributed by atoms with Crippen molar-refractivity contribution in [3.63, 3.8) is 0 Å². The highest BCUT2D eigenvalue weighted by Gasteiger charge is 2.27. The van der Waals surface area contributed by atoms with Crippen molar-refractivity contribution in [2.75, 3.05) is 58.3 Å². The van der Waals surface area contributed by atoms with Crippen LogP contribution >= 0.6 is 0 Å². The summed E-state index contributed by atoms with van der Waals surface area (Å²) in [5, 5.41) is 9.47. The van der Waals surface area contributed by atoms with E-state index in [1.807, 2.05) is 26.2 Å². The summed E-state index contributed by atoms with van der Waals surface area (Å²) in [6.45, 7) is 11.3. The number of aromatic nitrogens is 1. The standard InChI is InChI=1S/C21H36N8/c1-17(2)27-13-9-18(10-14-27)28-11-6-12-29(16-15-28)20-8-5-7-19(23-20)21(24-22)25-26(3)4/h5,7-8,17-18,22H,6,9-16H2,1-4H3/b24-22?,25-21-. The third kappa shape index (κ3) is 5.73. The van der Waals surface area contributed by atoms with Gasteiger partial charge in [0.2, 0.25) is 5.84 Å². The Morgan fingerprint density at radius 1 is 1.10 bits per heavy atom. The van der Waals surface area contributed by atoms with E-state index in [2.05, 4.69) is 44.8 Å². The lowest BCUT2D eigenvalue weighted by atomic mass is 10.0. The topological polar surface area (TPSA) is 74.4 Å². The second kappa shape index (κ2) is 10.1. The van der Waals surface area contributed by atoms with E-state index in [4.69, 9.17) is 10.5 Å². The molecule has 0 saturated carbocycles. The number of pyridine rings is 1. The van der Waals surface area contributed by atoms with Crippen LogP contribution in [-0.2, 0) is 0 Å². The number of hydrogen-bond acceptors (Lipinski definition) is 7. The monoisotopic (exact) mass is 400 g/mol. The Labute approximate surface area is 175 Å². The van der Waals surface area contributed by atoms with E-state index in [0.29, 0.717) is 23.6 Å². The van der Waals surface area contributed by atoms with Crippen LogP contribution in [0.1, 0.15) is 38.8 Å². The first-order valence-electron chi connectivity index (χ1n) is 10.8. The van der Waals surface area contributed by atoms with Crippen LogP contribution in [0, 0.1) is 5.53 Å². The van der Waals surface area contributed by atoms with Crippen molar-refractivity contribution >= 4 is 11.7 Å². The molecule has 1 aromatic heterocycles. The van der Waals surface area contributed by atoms with Crippen LogP contribution in [0.5, 0.6) is 0 Å². The van der Waals surface area contributed by atoms with Crippen molar-refractivity contribution in [1.29, 1.82) is 5.53 Å². The van der Waals surface area contributed by atoms with Crippen molar-refractivity contribution in [3.8, 4) is 0 Å². The van der Waals surface area contributed by atoms with Crippen LogP contribution in [0.25, 0.3) is 0 Å². The Bertz CT molecular complexity index is 694. The third-order valence-electron chi connectivity index (χ3n) is 5.96. The molecule has 2 aliphatic heterocycles. The highest BCUT2D eigenvalue weighted by molar-refractivity contribution is 5.97. The molecular formula is C21H36N8. The molecule has 1 aromatic rings. The number of nitrogens with zero attached hydrogens (tertiary/aromatic N) is 7. The number of hydrogen-bond donors (Lipinski definition) is 1. The van der Waals surface area contributed by atoms with Gasteiger partial charge in [-0.1, -0.05) is 6.07 Å². The molecule has 0 amide bonds. The Hall–Kier alpha value is -2.06. The molecule has 0 bridgehead atoms. The first kappa shape index (κ1) is 21.6. The Kier molecular flexibility index (Phi) is 7.55. The molecule has 0 spiro atoms. The van der Waals surface area contributed by atoms with E-state index < -0.39 is 0 Å². The average molecular weight is 401 g/mol. The molecule has 3 rings (SSSR count). The molecule has 8 nitrogen and oxygen atoms in total. The molecule has 0 aliphatic carbocycles. The summed E-state index contributed by atoms with van der Waals surface area (Å²) in [5.41, 5.74) is 8.07. The van der Waals surface area contributed by atoms with Gasteiger partial charge >= 0.3 is 0 Å². The van der Waals surface area contributed by atoms with Gasteiger partial charge in [-0.3, -0.25) is 4.90 Å². The fraction of sp³-hybridized carbons (Fsp3) is 0.714. The summed E-state index contributed by atoms with van der Waals surface area (Å²) in [6.07, 6.45) is 3.71. The third-order valence-corrected chi connectivity index (χ3v) is 5.96. The van der Waals surface area contributed by atoms with Crippen LogP contribution in [0.2, 0.25) is 0 Å². The predicted octanol–water partition coefficient (Wildman–Crippen LogP) is 2.72. The zero-order chi connectivity index (χ0) is 20.8. The maximum atomic E-state index is 7.42. The van der Waals surface area contributed by atoms with Crippen molar-refractivity contribution in [2.45, 2.75) is 45.2 Å². The van der Waals surface area contributed by atoms with E-state index >= 15 is 0 Å². The number of amidine groups is 1. The largest absolute Gasteiger partial charge is 0.355 e. The van der Waals surface area contributed by atoms with Crippen molar-refractivity contribution in [3.05, 3.63) is 23.9 Å². The lowest BCUT2D eigenvalue weighted by Crippen LogP contribution is -2.47. The van der Waals surface area contributed by atoms with E-state index in [1.54, 1.807) is 5.01 Å². The zero-order valence-corrected chi connectivity index (χ0v) is 18.4. The molecule has 0 aromatic carbocycles. The minimum Gasteiger partial charge on any atom is -0.355 e. The number of nitrogens with one attached hydrogen (secondary N) is 1. The smallest absolute Gasteiger partial charge is 0.218 e. The molecule has 29 heavy (non-hydrogen) atoms. The maximum Gasteiger partial charge on any atom is 0.218 e. The highest BCUT2D eigenvalue weighted by atomic mass is 15.4. The Balaban J connectivity index is 1.63. The summed E-state index contributed by atoms with van der Waals surface area (Å²) in [7, 11) is 3.65. The fourth-order valence-electron chi connectivity index (χ4n) is 4.34. The van der Waals surface area contributed by atoms with Crippen LogP contribution in [0.15, 0.2) is 28.4 Å². The van der Waals surface area contributed by atoms with Gasteiger partial charge in [-0.25, -0.2) is 10.5 Å². The van der Waals surface area contributed by atoms with Gasteiger partial charge in [-0.05, 0) is 58.3 Å². The van der Waals surface area contributed by atoms with Gasteiger partial charge in [0, 0.05) is 52.4 Å². The SMILES string of the molecule is CC(C)N1CCC(N2CCCN(c3cccc(/C(N=N)=N/N(C)C)n3)CC2)CC1. The highest BCUT2D eigenvalue weighted by Crippen LogP contribution is 2.21. The van der Waals surface area contributed by atoms with E-state index in [1.165, 1.54) is 25.9 Å². The van der Waals surface area contributed by atoms with Gasteiger partial charge in [0.15, 0.2) is 0 Å². The number of rotatable bonds is 5. The molecule has 1 N–H and O–H groups in total. The summed E-state index contributed by atoms with van der Waals surface area (Å²) >= 11 is 0. The van der Waals surface area contributed by atoms with Crippen molar-refractivity contribution < 1.29 is 0 Å². The van der Waals surface area contributed by atoms with Crippen LogP contribution in [-0.4, -0.2) is 91.1 Å². The van der Waals surface area contributed by atoms with Gasteiger partial charge in [-0.15, -0.1) is 5.11 Å². The fourth-order valence-corrected chi connectivity index (χ4v) is 4.34. The first-order valence-corrected chi connectivity index (χ1v) is 10.8. The first-order chi connectivity index (χ1) is 14.0. The Morgan fingerprint density at radius 2 is 1.86 bits per heavy atom. The second-order valence-electron chi connectivity index (χ2n) is 8.50. The lowest BCUT2D eigenvalue weighted by Gasteiger charge is -2.39. The van der Waals surface area contributed by atoms with Crippen molar-refractivity contribution in [2.24, 2.45) is 10.2 Å². The van der Waals surface area contributed by atoms with E-state index in [0.717, 1.165) is 38.4 Å². The molecule has 0 unspecified atom stereocenters. The number of piperidine rings is 1. The van der Waals surface area contributed by atoms with Crippen molar-refractivity contribution in [1.82, 2.24) is 19.8 Å². The number of anilines is 1.